The van der Waals surface area contributed by atoms with E-state index >= 15 is 0 Å². The van der Waals surface area contributed by atoms with E-state index in [0.29, 0.717) is 0 Å². The molecule has 1 rings (SSSR count). The van der Waals surface area contributed by atoms with Gasteiger partial charge >= 0.3 is 0 Å². The first-order valence-electron chi connectivity index (χ1n) is 3.24. The van der Waals surface area contributed by atoms with Crippen LogP contribution in [0.1, 0.15) is 11.1 Å². The van der Waals surface area contributed by atoms with Crippen molar-refractivity contribution in [1.82, 2.24) is 0 Å². The molecule has 1 aromatic rings. The van der Waals surface area contributed by atoms with E-state index in [4.69, 9.17) is 11.6 Å². The molecule has 11 heavy (non-hydrogen) atoms. The van der Waals surface area contributed by atoms with E-state index < -0.39 is 0 Å². The van der Waals surface area contributed by atoms with Crippen molar-refractivity contribution >= 4 is 33.6 Å². The van der Waals surface area contributed by atoms with Gasteiger partial charge in [-0.1, -0.05) is 52.3 Å². The molecule has 2 heteroatoms. The van der Waals surface area contributed by atoms with Crippen molar-refractivity contribution in [2.75, 3.05) is 0 Å². The van der Waals surface area contributed by atoms with Gasteiger partial charge in [-0.25, -0.2) is 0 Å². The molecule has 58 valence electrons. The largest absolute Gasteiger partial charge is 0.0984 e. The van der Waals surface area contributed by atoms with Crippen LogP contribution < -0.4 is 0 Å². The molecule has 0 atom stereocenters. The Morgan fingerprint density at radius 1 is 1.55 bits per heavy atom. The maximum atomic E-state index is 5.92. The van der Waals surface area contributed by atoms with E-state index in [1.807, 2.05) is 18.2 Å². The molecule has 0 aliphatic heterocycles. The van der Waals surface area contributed by atoms with E-state index in [1.165, 1.54) is 5.56 Å². The average Bonchev–Trinajstić information content (AvgIpc) is 2.04. The third kappa shape index (κ3) is 2.08. The summed E-state index contributed by atoms with van der Waals surface area (Å²) in [5.74, 6) is 0. The van der Waals surface area contributed by atoms with Gasteiger partial charge in [-0.05, 0) is 17.2 Å². The zero-order valence-electron chi connectivity index (χ0n) is 5.98. The lowest BCUT2D eigenvalue weighted by Crippen LogP contribution is -1.79. The van der Waals surface area contributed by atoms with Crippen LogP contribution in [0.15, 0.2) is 24.8 Å². The molecule has 0 aliphatic rings. The van der Waals surface area contributed by atoms with Gasteiger partial charge in [0.25, 0.3) is 0 Å². The van der Waals surface area contributed by atoms with Crippen molar-refractivity contribution in [3.05, 3.63) is 40.9 Å². The normalized spacial score (nSPS) is 9.64. The van der Waals surface area contributed by atoms with Gasteiger partial charge in [-0.3, -0.25) is 0 Å². The number of rotatable bonds is 2. The second kappa shape index (κ2) is 3.93. The molecule has 0 aliphatic carbocycles. The lowest BCUT2D eigenvalue weighted by Gasteiger charge is -1.99. The first-order chi connectivity index (χ1) is 5.27. The Morgan fingerprint density at radius 2 is 2.27 bits per heavy atom. The summed E-state index contributed by atoms with van der Waals surface area (Å²) in [4.78, 5) is 0. The minimum absolute atomic E-state index is 0.761. The van der Waals surface area contributed by atoms with Crippen molar-refractivity contribution in [2.45, 2.75) is 5.33 Å². The first kappa shape index (κ1) is 8.82. The molecule has 0 saturated carbocycles. The lowest BCUT2D eigenvalue weighted by molar-refractivity contribution is 1.43. The molecule has 0 saturated heterocycles. The second-order valence-electron chi connectivity index (χ2n) is 2.19. The Labute approximate surface area is 80.0 Å². The number of hydrogen-bond acceptors (Lipinski definition) is 0. The smallest absolute Gasteiger partial charge is 0.0481 e. The highest BCUT2D eigenvalue weighted by atomic mass is 79.9. The minimum atomic E-state index is 0.761. The fourth-order valence-corrected chi connectivity index (χ4v) is 1.45. The highest BCUT2D eigenvalue weighted by Crippen LogP contribution is 2.19. The number of halogens is 2. The Kier molecular flexibility index (Phi) is 3.16. The standard InChI is InChI=1S/C9H8BrCl/c1-2-8-4-3-7(6-10)5-9(8)11/h2-5H,1,6H2. The molecule has 0 aromatic heterocycles. The van der Waals surface area contributed by atoms with Gasteiger partial charge in [-0.15, -0.1) is 0 Å². The number of hydrogen-bond donors (Lipinski definition) is 0. The molecule has 0 radical (unpaired) electrons. The van der Waals surface area contributed by atoms with Crippen molar-refractivity contribution < 1.29 is 0 Å². The molecule has 1 aromatic carbocycles. The van der Waals surface area contributed by atoms with Gasteiger partial charge in [0.2, 0.25) is 0 Å². The zero-order valence-corrected chi connectivity index (χ0v) is 8.32. The van der Waals surface area contributed by atoms with Gasteiger partial charge in [0.15, 0.2) is 0 Å². The van der Waals surface area contributed by atoms with Crippen LogP contribution in [-0.2, 0) is 5.33 Å². The molecule has 0 heterocycles. The topological polar surface area (TPSA) is 0 Å². The maximum absolute atomic E-state index is 5.92. The second-order valence-corrected chi connectivity index (χ2v) is 3.16. The summed E-state index contributed by atoms with van der Waals surface area (Å²) in [7, 11) is 0. The quantitative estimate of drug-likeness (QED) is 0.678. The average molecular weight is 232 g/mol. The summed E-state index contributed by atoms with van der Waals surface area (Å²) in [6.07, 6.45) is 1.75. The molecule has 0 bridgehead atoms. The van der Waals surface area contributed by atoms with Gasteiger partial charge in [0.05, 0.1) is 0 Å². The minimum Gasteiger partial charge on any atom is -0.0984 e. The maximum Gasteiger partial charge on any atom is 0.0481 e. The van der Waals surface area contributed by atoms with Crippen LogP contribution >= 0.6 is 27.5 Å². The Bertz CT molecular complexity index is 268. The van der Waals surface area contributed by atoms with Gasteiger partial charge < -0.3 is 0 Å². The number of alkyl halides is 1. The highest BCUT2D eigenvalue weighted by molar-refractivity contribution is 9.08. The highest BCUT2D eigenvalue weighted by Gasteiger charge is 1.96. The van der Waals surface area contributed by atoms with E-state index in [0.717, 1.165) is 15.9 Å². The van der Waals surface area contributed by atoms with Gasteiger partial charge in [0.1, 0.15) is 0 Å². The van der Waals surface area contributed by atoms with Crippen molar-refractivity contribution in [1.29, 1.82) is 0 Å². The van der Waals surface area contributed by atoms with Crippen LogP contribution in [0.2, 0.25) is 5.02 Å². The predicted molar refractivity (Wildman–Crippen MR) is 54.2 cm³/mol. The number of benzene rings is 1. The van der Waals surface area contributed by atoms with Gasteiger partial charge in [0, 0.05) is 10.4 Å². The molecule has 0 amide bonds. The van der Waals surface area contributed by atoms with Crippen LogP contribution in [-0.4, -0.2) is 0 Å². The van der Waals surface area contributed by atoms with E-state index in [2.05, 4.69) is 22.5 Å². The fraction of sp³-hybridized carbons (Fsp3) is 0.111. The van der Waals surface area contributed by atoms with E-state index in [1.54, 1.807) is 6.08 Å². The third-order valence-corrected chi connectivity index (χ3v) is 2.41. The van der Waals surface area contributed by atoms with E-state index in [9.17, 15) is 0 Å². The summed E-state index contributed by atoms with van der Waals surface area (Å²) < 4.78 is 0. The molecule has 0 N–H and O–H groups in total. The third-order valence-electron chi connectivity index (χ3n) is 1.44. The van der Waals surface area contributed by atoms with Crippen molar-refractivity contribution in [3.8, 4) is 0 Å². The monoisotopic (exact) mass is 230 g/mol. The molecular weight excluding hydrogens is 223 g/mol. The summed E-state index contributed by atoms with van der Waals surface area (Å²) in [6, 6.07) is 5.93. The first-order valence-corrected chi connectivity index (χ1v) is 4.74. The van der Waals surface area contributed by atoms with Crippen molar-refractivity contribution in [2.24, 2.45) is 0 Å². The Morgan fingerprint density at radius 3 is 2.73 bits per heavy atom. The van der Waals surface area contributed by atoms with Crippen LogP contribution in [0.4, 0.5) is 0 Å². The Hall–Kier alpha value is -0.270. The van der Waals surface area contributed by atoms with Crippen LogP contribution in [0.3, 0.4) is 0 Å². The molecule has 0 spiro atoms. The molecular formula is C9H8BrCl. The lowest BCUT2D eigenvalue weighted by atomic mass is 10.1. The Balaban J connectivity index is 3.09. The summed E-state index contributed by atoms with van der Waals surface area (Å²) >= 11 is 9.27. The van der Waals surface area contributed by atoms with Crippen LogP contribution in [0, 0.1) is 0 Å². The summed E-state index contributed by atoms with van der Waals surface area (Å²) in [5.41, 5.74) is 2.16. The molecule has 0 unspecified atom stereocenters. The van der Waals surface area contributed by atoms with Crippen LogP contribution in [0.5, 0.6) is 0 Å². The molecule has 0 fully saturated rings. The van der Waals surface area contributed by atoms with Crippen molar-refractivity contribution in [3.63, 3.8) is 0 Å². The zero-order chi connectivity index (χ0) is 8.27. The molecule has 0 nitrogen and oxygen atoms in total. The fourth-order valence-electron chi connectivity index (χ4n) is 0.819. The summed E-state index contributed by atoms with van der Waals surface area (Å²) in [6.45, 7) is 3.65. The SMILES string of the molecule is C=Cc1ccc(CBr)cc1Cl. The summed E-state index contributed by atoms with van der Waals surface area (Å²) in [5, 5.41) is 1.60. The van der Waals surface area contributed by atoms with Gasteiger partial charge in [-0.2, -0.15) is 0 Å². The van der Waals surface area contributed by atoms with E-state index in [-0.39, 0.29) is 0 Å². The van der Waals surface area contributed by atoms with Crippen LogP contribution in [0.25, 0.3) is 6.08 Å². The predicted octanol–water partition coefficient (Wildman–Crippen LogP) is 3.88.